The van der Waals surface area contributed by atoms with E-state index in [0.29, 0.717) is 6.42 Å². The van der Waals surface area contributed by atoms with Crippen LogP contribution in [0.1, 0.15) is 25.0 Å². The highest BCUT2D eigenvalue weighted by Gasteiger charge is 2.02. The van der Waals surface area contributed by atoms with Gasteiger partial charge in [0, 0.05) is 19.2 Å². The van der Waals surface area contributed by atoms with Gasteiger partial charge in [0.05, 0.1) is 12.2 Å². The molecule has 0 bridgehead atoms. The highest BCUT2D eigenvalue weighted by atomic mass is 16.4. The smallest absolute Gasteiger partial charge is 0.303 e. The molecule has 0 aliphatic heterocycles. The van der Waals surface area contributed by atoms with Gasteiger partial charge in [-0.2, -0.15) is 0 Å². The van der Waals surface area contributed by atoms with Gasteiger partial charge in [-0.3, -0.25) is 9.48 Å². The molecule has 0 unspecified atom stereocenters. The van der Waals surface area contributed by atoms with Gasteiger partial charge in [0.15, 0.2) is 0 Å². The van der Waals surface area contributed by atoms with Crippen LogP contribution in [0.2, 0.25) is 0 Å². The molecule has 0 aromatic carbocycles. The molecule has 0 saturated heterocycles. The molecule has 1 rings (SSSR count). The third kappa shape index (κ3) is 6.01. The van der Waals surface area contributed by atoms with Crippen molar-refractivity contribution in [1.82, 2.24) is 19.9 Å². The molecule has 0 aliphatic rings. The summed E-state index contributed by atoms with van der Waals surface area (Å²) in [7, 11) is 4.04. The maximum Gasteiger partial charge on any atom is 0.303 e. The van der Waals surface area contributed by atoms with Crippen molar-refractivity contribution in [2.24, 2.45) is 0 Å². The molecule has 0 saturated carbocycles. The fourth-order valence-corrected chi connectivity index (χ4v) is 1.45. The van der Waals surface area contributed by atoms with Gasteiger partial charge in [-0.05, 0) is 33.4 Å². The average molecular weight is 240 g/mol. The Morgan fingerprint density at radius 3 is 2.88 bits per heavy atom. The monoisotopic (exact) mass is 240 g/mol. The summed E-state index contributed by atoms with van der Waals surface area (Å²) in [6.07, 6.45) is 4.51. The highest BCUT2D eigenvalue weighted by molar-refractivity contribution is 5.66. The molecule has 96 valence electrons. The van der Waals surface area contributed by atoms with E-state index in [0.717, 1.165) is 31.6 Å². The zero-order valence-electron chi connectivity index (χ0n) is 10.5. The highest BCUT2D eigenvalue weighted by Crippen LogP contribution is 2.03. The van der Waals surface area contributed by atoms with Crippen molar-refractivity contribution >= 4 is 5.97 Å². The van der Waals surface area contributed by atoms with Crippen LogP contribution in [0, 0.1) is 0 Å². The van der Waals surface area contributed by atoms with Crippen LogP contribution in [-0.2, 0) is 17.8 Å². The van der Waals surface area contributed by atoms with Crippen LogP contribution in [-0.4, -0.2) is 51.6 Å². The molecule has 0 radical (unpaired) electrons. The first-order valence-corrected chi connectivity index (χ1v) is 5.83. The molecule has 6 nitrogen and oxygen atoms in total. The molecule has 0 atom stereocenters. The zero-order chi connectivity index (χ0) is 12.7. The van der Waals surface area contributed by atoms with Crippen LogP contribution in [0.4, 0.5) is 0 Å². The summed E-state index contributed by atoms with van der Waals surface area (Å²) in [5.74, 6) is -0.736. The molecule has 6 heteroatoms. The van der Waals surface area contributed by atoms with E-state index in [-0.39, 0.29) is 6.42 Å². The van der Waals surface area contributed by atoms with Gasteiger partial charge in [0.1, 0.15) is 0 Å². The van der Waals surface area contributed by atoms with Crippen LogP contribution < -0.4 is 0 Å². The van der Waals surface area contributed by atoms with Gasteiger partial charge >= 0.3 is 5.97 Å². The molecule has 0 spiro atoms. The van der Waals surface area contributed by atoms with E-state index < -0.39 is 5.97 Å². The molecule has 1 aromatic rings. The Morgan fingerprint density at radius 1 is 1.47 bits per heavy atom. The predicted molar refractivity (Wildman–Crippen MR) is 63.8 cm³/mol. The summed E-state index contributed by atoms with van der Waals surface area (Å²) < 4.78 is 1.83. The number of hydrogen-bond donors (Lipinski definition) is 1. The van der Waals surface area contributed by atoms with E-state index in [1.807, 2.05) is 25.0 Å². The Hall–Kier alpha value is -1.43. The molecule has 1 heterocycles. The van der Waals surface area contributed by atoms with E-state index >= 15 is 0 Å². The number of carboxylic acids is 1. The summed E-state index contributed by atoms with van der Waals surface area (Å²) in [6, 6.07) is 0. The molecule has 0 aliphatic carbocycles. The molecule has 17 heavy (non-hydrogen) atoms. The number of carbonyl (C=O) groups is 1. The van der Waals surface area contributed by atoms with Gasteiger partial charge in [-0.15, -0.1) is 5.10 Å². The minimum Gasteiger partial charge on any atom is -0.481 e. The van der Waals surface area contributed by atoms with Crippen molar-refractivity contribution in [2.75, 3.05) is 20.6 Å². The summed E-state index contributed by atoms with van der Waals surface area (Å²) in [5.41, 5.74) is 0.939. The van der Waals surface area contributed by atoms with Gasteiger partial charge in [-0.25, -0.2) is 0 Å². The summed E-state index contributed by atoms with van der Waals surface area (Å²) in [4.78, 5) is 12.4. The lowest BCUT2D eigenvalue weighted by molar-refractivity contribution is -0.137. The quantitative estimate of drug-likeness (QED) is 0.675. The second kappa shape index (κ2) is 7.01. The van der Waals surface area contributed by atoms with Gasteiger partial charge in [-0.1, -0.05) is 5.21 Å². The van der Waals surface area contributed by atoms with Crippen molar-refractivity contribution in [1.29, 1.82) is 0 Å². The number of aryl methyl sites for hydroxylation is 1. The van der Waals surface area contributed by atoms with Crippen LogP contribution in [0.25, 0.3) is 0 Å². The van der Waals surface area contributed by atoms with Crippen molar-refractivity contribution in [2.45, 2.75) is 32.2 Å². The maximum atomic E-state index is 10.3. The normalized spacial score (nSPS) is 11.0. The third-order valence-corrected chi connectivity index (χ3v) is 2.44. The summed E-state index contributed by atoms with van der Waals surface area (Å²) in [5, 5.41) is 16.6. The Bertz CT molecular complexity index is 349. The standard InChI is InChI=1S/C11H20N4O2/c1-14(2)7-8-15-9-10(12-13-15)5-3-4-6-11(16)17/h9H,3-8H2,1-2H3,(H,16,17). The average Bonchev–Trinajstić information content (AvgIpc) is 2.69. The topological polar surface area (TPSA) is 71.2 Å². The van der Waals surface area contributed by atoms with Crippen LogP contribution in [0.3, 0.4) is 0 Å². The minimum atomic E-state index is -0.736. The van der Waals surface area contributed by atoms with E-state index in [1.165, 1.54) is 0 Å². The molecule has 0 fully saturated rings. The SMILES string of the molecule is CN(C)CCn1cc(CCCCC(=O)O)nn1. The minimum absolute atomic E-state index is 0.231. The zero-order valence-corrected chi connectivity index (χ0v) is 10.5. The van der Waals surface area contributed by atoms with E-state index in [2.05, 4.69) is 15.2 Å². The van der Waals surface area contributed by atoms with Gasteiger partial charge in [0.2, 0.25) is 0 Å². The van der Waals surface area contributed by atoms with Crippen LogP contribution in [0.5, 0.6) is 0 Å². The van der Waals surface area contributed by atoms with Crippen molar-refractivity contribution in [3.63, 3.8) is 0 Å². The first-order chi connectivity index (χ1) is 8.08. The number of rotatable bonds is 8. The number of hydrogen-bond acceptors (Lipinski definition) is 4. The second-order valence-corrected chi connectivity index (χ2v) is 4.38. The molecule has 0 amide bonds. The first-order valence-electron chi connectivity index (χ1n) is 5.83. The van der Waals surface area contributed by atoms with Crippen molar-refractivity contribution in [3.05, 3.63) is 11.9 Å². The largest absolute Gasteiger partial charge is 0.481 e. The lowest BCUT2D eigenvalue weighted by Crippen LogP contribution is -2.18. The van der Waals surface area contributed by atoms with Crippen molar-refractivity contribution < 1.29 is 9.90 Å². The number of carboxylic acid groups (broad SMARTS) is 1. The fourth-order valence-electron chi connectivity index (χ4n) is 1.45. The van der Waals surface area contributed by atoms with E-state index in [4.69, 9.17) is 5.11 Å². The Morgan fingerprint density at radius 2 is 2.24 bits per heavy atom. The molecular formula is C11H20N4O2. The Balaban J connectivity index is 2.23. The van der Waals surface area contributed by atoms with Crippen LogP contribution >= 0.6 is 0 Å². The van der Waals surface area contributed by atoms with E-state index in [1.54, 1.807) is 0 Å². The number of aliphatic carboxylic acids is 1. The molecule has 1 aromatic heterocycles. The second-order valence-electron chi connectivity index (χ2n) is 4.38. The number of nitrogens with zero attached hydrogens (tertiary/aromatic N) is 4. The van der Waals surface area contributed by atoms with Gasteiger partial charge in [0.25, 0.3) is 0 Å². The maximum absolute atomic E-state index is 10.3. The lowest BCUT2D eigenvalue weighted by Gasteiger charge is -2.07. The number of aromatic nitrogens is 3. The van der Waals surface area contributed by atoms with Crippen molar-refractivity contribution in [3.8, 4) is 0 Å². The Labute approximate surface area is 101 Å². The van der Waals surface area contributed by atoms with E-state index in [9.17, 15) is 4.79 Å². The summed E-state index contributed by atoms with van der Waals surface area (Å²) in [6.45, 7) is 1.76. The third-order valence-electron chi connectivity index (χ3n) is 2.44. The number of likely N-dealkylation sites (N-methyl/N-ethyl adjacent to an activating group) is 1. The Kier molecular flexibility index (Phi) is 5.62. The first kappa shape index (κ1) is 13.6. The molecule has 1 N–H and O–H groups in total. The fraction of sp³-hybridized carbons (Fsp3) is 0.727. The van der Waals surface area contributed by atoms with Gasteiger partial charge < -0.3 is 10.0 Å². The predicted octanol–water partition coefficient (Wildman–Crippen LogP) is 0.637. The van der Waals surface area contributed by atoms with Crippen LogP contribution in [0.15, 0.2) is 6.20 Å². The molecular weight excluding hydrogens is 220 g/mol. The number of unbranched alkanes of at least 4 members (excludes halogenated alkanes) is 1. The summed E-state index contributed by atoms with van der Waals surface area (Å²) >= 11 is 0. The lowest BCUT2D eigenvalue weighted by atomic mass is 10.1.